The van der Waals surface area contributed by atoms with E-state index < -0.39 is 0 Å². The summed E-state index contributed by atoms with van der Waals surface area (Å²) in [5, 5.41) is 9.00. The predicted octanol–water partition coefficient (Wildman–Crippen LogP) is 8.20. The molecule has 0 aliphatic heterocycles. The van der Waals surface area contributed by atoms with Crippen molar-refractivity contribution in [3.63, 3.8) is 0 Å². The highest BCUT2D eigenvalue weighted by molar-refractivity contribution is 6.21. The van der Waals surface area contributed by atoms with Crippen LogP contribution in [0.5, 0.6) is 0 Å². The van der Waals surface area contributed by atoms with E-state index in [0.717, 1.165) is 38.1 Å². The second-order valence-corrected chi connectivity index (χ2v) is 8.12. The Morgan fingerprint density at radius 2 is 0.969 bits per heavy atom. The molecule has 6 aromatic carbocycles. The average molecular weight is 409 g/mol. The lowest BCUT2D eigenvalue weighted by atomic mass is 9.93. The number of allylic oxidation sites excluding steroid dienone is 1. The summed E-state index contributed by atoms with van der Waals surface area (Å²) >= 11 is 0. The van der Waals surface area contributed by atoms with Crippen molar-refractivity contribution in [3.8, 4) is 0 Å². The molecular weight excluding hydrogens is 388 g/mol. The Balaban J connectivity index is 1.54. The van der Waals surface area contributed by atoms with Crippen LogP contribution >= 0.6 is 0 Å². The van der Waals surface area contributed by atoms with Gasteiger partial charge in [-0.1, -0.05) is 97.1 Å². The quantitative estimate of drug-likeness (QED) is 0.125. The van der Waals surface area contributed by atoms with Crippen molar-refractivity contribution in [3.05, 3.63) is 126 Å². The monoisotopic (exact) mass is 408 g/mol. The van der Waals surface area contributed by atoms with Gasteiger partial charge >= 0.3 is 0 Å². The zero-order chi connectivity index (χ0) is 21.5. The third-order valence-corrected chi connectivity index (χ3v) is 6.25. The Hall–Kier alpha value is -4.23. The Bertz CT molecular complexity index is 1630. The maximum absolute atomic E-state index is 13.5. The number of rotatable bonds is 3. The first-order chi connectivity index (χ1) is 15.8. The maximum atomic E-state index is 13.5. The van der Waals surface area contributed by atoms with Gasteiger partial charge in [0.1, 0.15) is 0 Å². The van der Waals surface area contributed by atoms with E-state index in [0.29, 0.717) is 0 Å². The third-order valence-electron chi connectivity index (χ3n) is 6.25. The lowest BCUT2D eigenvalue weighted by Crippen LogP contribution is -1.97. The lowest BCUT2D eigenvalue weighted by Gasteiger charge is -2.10. The van der Waals surface area contributed by atoms with Gasteiger partial charge in [0, 0.05) is 5.56 Å². The van der Waals surface area contributed by atoms with E-state index in [2.05, 4.69) is 60.7 Å². The molecule has 6 rings (SSSR count). The SMILES string of the molecule is O=C(/C=C\c1c2ccccc2cc2ccccc12)c1cc2ccccc2c2ccccc12. The zero-order valence-electron chi connectivity index (χ0n) is 17.5. The van der Waals surface area contributed by atoms with Crippen LogP contribution in [0, 0.1) is 0 Å². The summed E-state index contributed by atoms with van der Waals surface area (Å²) in [4.78, 5) is 13.5. The maximum Gasteiger partial charge on any atom is 0.186 e. The number of carbonyl (C=O) groups is 1. The topological polar surface area (TPSA) is 17.1 Å². The first-order valence-electron chi connectivity index (χ1n) is 10.8. The van der Waals surface area contributed by atoms with Crippen molar-refractivity contribution in [2.24, 2.45) is 0 Å². The molecule has 150 valence electrons. The van der Waals surface area contributed by atoms with Gasteiger partial charge < -0.3 is 0 Å². The van der Waals surface area contributed by atoms with Crippen LogP contribution < -0.4 is 0 Å². The van der Waals surface area contributed by atoms with Crippen LogP contribution in [0.3, 0.4) is 0 Å². The van der Waals surface area contributed by atoms with E-state index in [4.69, 9.17) is 0 Å². The molecule has 1 nitrogen and oxygen atoms in total. The van der Waals surface area contributed by atoms with Crippen molar-refractivity contribution in [2.75, 3.05) is 0 Å². The molecule has 0 atom stereocenters. The van der Waals surface area contributed by atoms with Crippen molar-refractivity contribution >= 4 is 54.9 Å². The fourth-order valence-electron chi connectivity index (χ4n) is 4.74. The minimum absolute atomic E-state index is 0.0176. The number of hydrogen-bond donors (Lipinski definition) is 0. The van der Waals surface area contributed by atoms with Crippen molar-refractivity contribution in [2.45, 2.75) is 0 Å². The fourth-order valence-corrected chi connectivity index (χ4v) is 4.74. The summed E-state index contributed by atoms with van der Waals surface area (Å²) in [7, 11) is 0. The number of ketones is 1. The lowest BCUT2D eigenvalue weighted by molar-refractivity contribution is 0.104. The van der Waals surface area contributed by atoms with E-state index >= 15 is 0 Å². The minimum atomic E-state index is 0.0176. The van der Waals surface area contributed by atoms with Gasteiger partial charge in [0.05, 0.1) is 0 Å². The second-order valence-electron chi connectivity index (χ2n) is 8.12. The summed E-state index contributed by atoms with van der Waals surface area (Å²) in [6.45, 7) is 0. The second kappa shape index (κ2) is 7.47. The number of benzene rings is 6. The molecule has 0 saturated carbocycles. The van der Waals surface area contributed by atoms with Gasteiger partial charge in [-0.05, 0) is 72.9 Å². The van der Waals surface area contributed by atoms with E-state index in [9.17, 15) is 4.79 Å². The molecule has 0 bridgehead atoms. The predicted molar refractivity (Wildman–Crippen MR) is 136 cm³/mol. The van der Waals surface area contributed by atoms with Crippen molar-refractivity contribution in [1.82, 2.24) is 0 Å². The van der Waals surface area contributed by atoms with Gasteiger partial charge in [-0.2, -0.15) is 0 Å². The summed E-state index contributed by atoms with van der Waals surface area (Å²) in [5.74, 6) is 0.0176. The van der Waals surface area contributed by atoms with Crippen molar-refractivity contribution in [1.29, 1.82) is 0 Å². The Morgan fingerprint density at radius 3 is 1.59 bits per heavy atom. The summed E-state index contributed by atoms with van der Waals surface area (Å²) in [5.41, 5.74) is 1.82. The van der Waals surface area contributed by atoms with Gasteiger partial charge in [-0.3, -0.25) is 4.79 Å². The van der Waals surface area contributed by atoms with Gasteiger partial charge in [-0.15, -0.1) is 0 Å². The fraction of sp³-hybridized carbons (Fsp3) is 0. The molecule has 0 aromatic heterocycles. The molecule has 0 aliphatic carbocycles. The third kappa shape index (κ3) is 2.99. The summed E-state index contributed by atoms with van der Waals surface area (Å²) < 4.78 is 0. The zero-order valence-corrected chi connectivity index (χ0v) is 17.5. The molecule has 0 amide bonds. The van der Waals surface area contributed by atoms with Crippen LogP contribution in [0.25, 0.3) is 49.2 Å². The minimum Gasteiger partial charge on any atom is -0.289 e. The molecule has 0 unspecified atom stereocenters. The molecule has 32 heavy (non-hydrogen) atoms. The normalized spacial score (nSPS) is 11.8. The van der Waals surface area contributed by atoms with Crippen LogP contribution in [0.4, 0.5) is 0 Å². The van der Waals surface area contributed by atoms with E-state index in [-0.39, 0.29) is 5.78 Å². The highest BCUT2D eigenvalue weighted by Gasteiger charge is 2.12. The van der Waals surface area contributed by atoms with Gasteiger partial charge in [0.25, 0.3) is 0 Å². The summed E-state index contributed by atoms with van der Waals surface area (Å²) in [6, 6.07) is 37.3. The molecule has 0 heterocycles. The highest BCUT2D eigenvalue weighted by Crippen LogP contribution is 2.31. The smallest absolute Gasteiger partial charge is 0.186 e. The molecule has 0 aliphatic rings. The molecule has 0 spiro atoms. The largest absolute Gasteiger partial charge is 0.289 e. The molecule has 0 saturated heterocycles. The van der Waals surface area contributed by atoms with Crippen LogP contribution in [0.15, 0.2) is 115 Å². The number of hydrogen-bond acceptors (Lipinski definition) is 1. The van der Waals surface area contributed by atoms with Gasteiger partial charge in [-0.25, -0.2) is 0 Å². The average Bonchev–Trinajstić information content (AvgIpc) is 2.86. The Kier molecular flexibility index (Phi) is 4.33. The number of carbonyl (C=O) groups excluding carboxylic acids is 1. The Morgan fingerprint density at radius 1 is 0.500 bits per heavy atom. The van der Waals surface area contributed by atoms with E-state index in [1.54, 1.807) is 6.08 Å². The van der Waals surface area contributed by atoms with E-state index in [1.807, 2.05) is 54.6 Å². The molecule has 0 radical (unpaired) electrons. The van der Waals surface area contributed by atoms with Crippen LogP contribution in [-0.2, 0) is 0 Å². The van der Waals surface area contributed by atoms with Crippen molar-refractivity contribution < 1.29 is 4.79 Å². The van der Waals surface area contributed by atoms with Crippen LogP contribution in [-0.4, -0.2) is 5.78 Å². The first-order valence-corrected chi connectivity index (χ1v) is 10.8. The van der Waals surface area contributed by atoms with Crippen LogP contribution in [0.1, 0.15) is 15.9 Å². The van der Waals surface area contributed by atoms with Gasteiger partial charge in [0.15, 0.2) is 5.78 Å². The molecule has 6 aromatic rings. The number of fused-ring (bicyclic) bond motifs is 5. The molecule has 1 heteroatoms. The molecule has 0 fully saturated rings. The Labute approximate surface area is 186 Å². The standard InChI is InChI=1S/C31H20O/c32-31(30-20-23-11-3-6-14-26(23)27-15-7-8-16-28(27)30)18-17-29-24-12-4-1-9-21(24)19-22-10-2-5-13-25(22)29/h1-20H/b18-17-. The molecular formula is C31H20O. The molecule has 0 N–H and O–H groups in total. The summed E-state index contributed by atoms with van der Waals surface area (Å²) in [6.07, 6.45) is 3.71. The highest BCUT2D eigenvalue weighted by atomic mass is 16.1. The van der Waals surface area contributed by atoms with Crippen LogP contribution in [0.2, 0.25) is 0 Å². The van der Waals surface area contributed by atoms with E-state index in [1.165, 1.54) is 16.2 Å². The first kappa shape index (κ1) is 18.5. The van der Waals surface area contributed by atoms with Gasteiger partial charge in [0.2, 0.25) is 0 Å².